The molecule has 10 heteroatoms. The highest BCUT2D eigenvalue weighted by Crippen LogP contribution is 2.26. The Morgan fingerprint density at radius 3 is 2.72 bits per heavy atom. The number of hydrogen-bond acceptors (Lipinski definition) is 5. The van der Waals surface area contributed by atoms with Crippen molar-refractivity contribution in [2.45, 2.75) is 6.54 Å². The van der Waals surface area contributed by atoms with E-state index in [4.69, 9.17) is 0 Å². The fraction of sp³-hybridized carbons (Fsp3) is 0.105. The van der Waals surface area contributed by atoms with Gasteiger partial charge < -0.3 is 9.55 Å². The molecule has 0 radical (unpaired) electrons. The second-order valence-electron chi connectivity index (χ2n) is 6.51. The van der Waals surface area contributed by atoms with Gasteiger partial charge in [-0.1, -0.05) is 0 Å². The smallest absolute Gasteiger partial charge is 0.248 e. The minimum absolute atomic E-state index is 0.154. The first-order chi connectivity index (χ1) is 14.0. The van der Waals surface area contributed by atoms with E-state index < -0.39 is 17.2 Å². The van der Waals surface area contributed by atoms with Gasteiger partial charge in [0.15, 0.2) is 28.8 Å². The summed E-state index contributed by atoms with van der Waals surface area (Å²) in [4.78, 5) is 27.6. The normalized spacial score (nSPS) is 11.6. The third-order valence-electron chi connectivity index (χ3n) is 4.76. The van der Waals surface area contributed by atoms with Gasteiger partial charge in [-0.05, 0) is 23.8 Å². The first-order valence-corrected chi connectivity index (χ1v) is 8.68. The van der Waals surface area contributed by atoms with Crippen LogP contribution in [-0.2, 0) is 13.6 Å². The maximum Gasteiger partial charge on any atom is 0.248 e. The third-order valence-corrected chi connectivity index (χ3v) is 4.76. The van der Waals surface area contributed by atoms with Crippen LogP contribution in [-0.4, -0.2) is 34.3 Å². The molecule has 0 saturated heterocycles. The van der Waals surface area contributed by atoms with Gasteiger partial charge in [0.1, 0.15) is 5.69 Å². The summed E-state index contributed by atoms with van der Waals surface area (Å²) in [6.45, 7) is 0.154. The van der Waals surface area contributed by atoms with E-state index in [1.165, 1.54) is 18.3 Å². The van der Waals surface area contributed by atoms with E-state index in [9.17, 15) is 13.6 Å². The Bertz CT molecular complexity index is 1450. The first kappa shape index (κ1) is 17.2. The molecule has 1 aromatic carbocycles. The van der Waals surface area contributed by atoms with E-state index >= 15 is 0 Å². The fourth-order valence-corrected chi connectivity index (χ4v) is 3.43. The Hall–Kier alpha value is -3.95. The van der Waals surface area contributed by atoms with E-state index in [2.05, 4.69) is 25.0 Å². The van der Waals surface area contributed by atoms with Crippen molar-refractivity contribution in [3.05, 3.63) is 70.4 Å². The van der Waals surface area contributed by atoms with E-state index in [0.29, 0.717) is 28.1 Å². The summed E-state index contributed by atoms with van der Waals surface area (Å²) in [5.41, 5.74) is 1.43. The average molecular weight is 393 g/mol. The molecule has 0 aliphatic heterocycles. The predicted octanol–water partition coefficient (Wildman–Crippen LogP) is 2.39. The molecule has 4 heterocycles. The lowest BCUT2D eigenvalue weighted by Gasteiger charge is -2.11. The van der Waals surface area contributed by atoms with Crippen LogP contribution in [0.1, 0.15) is 5.56 Å². The molecule has 0 aliphatic carbocycles. The number of aromatic amines is 1. The Morgan fingerprint density at radius 1 is 1.10 bits per heavy atom. The van der Waals surface area contributed by atoms with Crippen LogP contribution in [0.4, 0.5) is 8.78 Å². The molecular weight excluding hydrogens is 380 g/mol. The third kappa shape index (κ3) is 2.68. The molecular formula is C19H13F2N7O. The van der Waals surface area contributed by atoms with E-state index in [0.717, 1.165) is 11.8 Å². The van der Waals surface area contributed by atoms with Crippen LogP contribution < -0.4 is 5.56 Å². The van der Waals surface area contributed by atoms with Crippen molar-refractivity contribution >= 4 is 22.2 Å². The van der Waals surface area contributed by atoms with Crippen LogP contribution in [0.2, 0.25) is 0 Å². The molecule has 0 aliphatic rings. The highest BCUT2D eigenvalue weighted by Gasteiger charge is 2.19. The van der Waals surface area contributed by atoms with Gasteiger partial charge in [-0.15, -0.1) is 0 Å². The molecule has 0 unspecified atom stereocenters. The number of aryl methyl sites for hydroxylation is 1. The number of nitrogens with zero attached hydrogens (tertiary/aromatic N) is 6. The minimum atomic E-state index is -1.09. The van der Waals surface area contributed by atoms with Crippen LogP contribution >= 0.6 is 0 Å². The standard InChI is InChI=1S/C19H13F2N7O/c1-27-13(4-5-24-27)18-26-17-19(23-7-6-22-17)28(18)9-10-8-14(29)25-16-11(10)2-3-12(20)15(16)21/h2-8H,9H2,1H3,(H,25,29). The zero-order valence-electron chi connectivity index (χ0n) is 15.1. The number of fused-ring (bicyclic) bond motifs is 2. The zero-order valence-corrected chi connectivity index (χ0v) is 15.1. The van der Waals surface area contributed by atoms with Crippen molar-refractivity contribution in [1.82, 2.24) is 34.3 Å². The maximum absolute atomic E-state index is 14.2. The van der Waals surface area contributed by atoms with Crippen molar-refractivity contribution in [2.24, 2.45) is 7.05 Å². The number of aromatic nitrogens is 7. The lowest BCUT2D eigenvalue weighted by Crippen LogP contribution is -2.12. The van der Waals surface area contributed by atoms with E-state index in [-0.39, 0.29) is 12.1 Å². The molecule has 0 atom stereocenters. The molecule has 144 valence electrons. The summed E-state index contributed by atoms with van der Waals surface area (Å²) >= 11 is 0. The summed E-state index contributed by atoms with van der Waals surface area (Å²) in [5, 5.41) is 4.57. The number of halogens is 2. The molecule has 0 saturated carbocycles. The average Bonchev–Trinajstić information content (AvgIpc) is 3.28. The molecule has 0 amide bonds. The Balaban J connectivity index is 1.77. The number of hydrogen-bond donors (Lipinski definition) is 1. The van der Waals surface area contributed by atoms with Crippen LogP contribution in [0.5, 0.6) is 0 Å². The second-order valence-corrected chi connectivity index (χ2v) is 6.51. The van der Waals surface area contributed by atoms with E-state index in [1.54, 1.807) is 34.8 Å². The lowest BCUT2D eigenvalue weighted by atomic mass is 10.1. The molecule has 8 nitrogen and oxygen atoms in total. The first-order valence-electron chi connectivity index (χ1n) is 8.68. The van der Waals surface area contributed by atoms with Crippen molar-refractivity contribution in [3.8, 4) is 11.5 Å². The lowest BCUT2D eigenvalue weighted by molar-refractivity contribution is 0.515. The Morgan fingerprint density at radius 2 is 1.93 bits per heavy atom. The summed E-state index contributed by atoms with van der Waals surface area (Å²) in [7, 11) is 1.78. The number of rotatable bonds is 3. The molecule has 4 aromatic heterocycles. The van der Waals surface area contributed by atoms with Gasteiger partial charge in [0.2, 0.25) is 5.56 Å². The number of benzene rings is 1. The number of nitrogens with one attached hydrogen (secondary N) is 1. The quantitative estimate of drug-likeness (QED) is 0.508. The van der Waals surface area contributed by atoms with Gasteiger partial charge >= 0.3 is 0 Å². The summed E-state index contributed by atoms with van der Waals surface area (Å²) in [5.74, 6) is -1.58. The molecule has 5 aromatic rings. The summed E-state index contributed by atoms with van der Waals surface area (Å²) in [6, 6.07) is 5.62. The Kier molecular flexibility index (Phi) is 3.73. The van der Waals surface area contributed by atoms with Crippen LogP contribution in [0.15, 0.2) is 47.7 Å². The van der Waals surface area contributed by atoms with Gasteiger partial charge in [-0.2, -0.15) is 5.10 Å². The summed E-state index contributed by atoms with van der Waals surface area (Å²) < 4.78 is 31.3. The van der Waals surface area contributed by atoms with E-state index in [1.807, 2.05) is 0 Å². The SMILES string of the molecule is Cn1nccc1-c1nc2nccnc2n1Cc1cc(=O)[nH]c2c(F)c(F)ccc12. The van der Waals surface area contributed by atoms with Gasteiger partial charge in [0.05, 0.1) is 12.1 Å². The van der Waals surface area contributed by atoms with Gasteiger partial charge in [-0.3, -0.25) is 9.48 Å². The van der Waals surface area contributed by atoms with Crippen molar-refractivity contribution in [2.75, 3.05) is 0 Å². The van der Waals surface area contributed by atoms with Crippen LogP contribution in [0.25, 0.3) is 33.7 Å². The van der Waals surface area contributed by atoms with Crippen molar-refractivity contribution in [1.29, 1.82) is 0 Å². The van der Waals surface area contributed by atoms with Crippen LogP contribution in [0.3, 0.4) is 0 Å². The Labute approximate surface area is 161 Å². The molecule has 1 N–H and O–H groups in total. The topological polar surface area (TPSA) is 94.3 Å². The molecule has 29 heavy (non-hydrogen) atoms. The molecule has 0 bridgehead atoms. The van der Waals surface area contributed by atoms with Crippen LogP contribution in [0, 0.1) is 11.6 Å². The van der Waals surface area contributed by atoms with Crippen molar-refractivity contribution < 1.29 is 8.78 Å². The maximum atomic E-state index is 14.2. The predicted molar refractivity (Wildman–Crippen MR) is 101 cm³/mol. The summed E-state index contributed by atoms with van der Waals surface area (Å²) in [6.07, 6.45) is 4.71. The second kappa shape index (κ2) is 6.30. The van der Waals surface area contributed by atoms with Crippen molar-refractivity contribution in [3.63, 3.8) is 0 Å². The zero-order chi connectivity index (χ0) is 20.1. The van der Waals surface area contributed by atoms with Gasteiger partial charge in [-0.25, -0.2) is 23.7 Å². The number of H-pyrrole nitrogens is 1. The minimum Gasteiger partial charge on any atom is -0.319 e. The largest absolute Gasteiger partial charge is 0.319 e. The molecule has 0 spiro atoms. The number of pyridine rings is 1. The number of imidazole rings is 1. The van der Waals surface area contributed by atoms with Gasteiger partial charge in [0.25, 0.3) is 0 Å². The molecule has 5 rings (SSSR count). The fourth-order valence-electron chi connectivity index (χ4n) is 3.43. The highest BCUT2D eigenvalue weighted by molar-refractivity contribution is 5.83. The van der Waals surface area contributed by atoms with Gasteiger partial charge in [0, 0.05) is 37.1 Å². The highest BCUT2D eigenvalue weighted by atomic mass is 19.2. The monoisotopic (exact) mass is 393 g/mol. The molecule has 0 fully saturated rings.